The van der Waals surface area contributed by atoms with Crippen LogP contribution in [-0.4, -0.2) is 52.7 Å². The van der Waals surface area contributed by atoms with Gasteiger partial charge in [0.1, 0.15) is 5.75 Å². The van der Waals surface area contributed by atoms with Gasteiger partial charge in [-0.3, -0.25) is 4.79 Å². The summed E-state index contributed by atoms with van der Waals surface area (Å²) in [7, 11) is 0. The van der Waals surface area contributed by atoms with Crippen molar-refractivity contribution in [2.24, 2.45) is 11.8 Å². The number of amides is 1. The molecule has 2 rings (SSSR count). The van der Waals surface area contributed by atoms with E-state index in [1.54, 1.807) is 6.08 Å². The number of hydrogen-bond donors (Lipinski definition) is 4. The Hall–Kier alpha value is -2.15. The molecule has 1 aromatic rings. The Morgan fingerprint density at radius 3 is 2.74 bits per heavy atom. The van der Waals surface area contributed by atoms with E-state index in [9.17, 15) is 20.1 Å². The van der Waals surface area contributed by atoms with Gasteiger partial charge in [-0.05, 0) is 44.2 Å². The number of hydrogen-bond acceptors (Lipinski definition) is 5. The van der Waals surface area contributed by atoms with Crippen molar-refractivity contribution >= 4 is 5.91 Å². The van der Waals surface area contributed by atoms with Gasteiger partial charge in [-0.1, -0.05) is 42.5 Å². The Labute approximate surface area is 185 Å². The maximum atomic E-state index is 11.4. The van der Waals surface area contributed by atoms with Crippen molar-refractivity contribution in [1.82, 2.24) is 5.32 Å². The molecule has 5 atom stereocenters. The lowest BCUT2D eigenvalue weighted by Gasteiger charge is -2.19. The van der Waals surface area contributed by atoms with Gasteiger partial charge in [-0.25, -0.2) is 0 Å². The van der Waals surface area contributed by atoms with Crippen LogP contribution < -0.4 is 10.1 Å². The molecule has 172 valence electrons. The van der Waals surface area contributed by atoms with E-state index in [1.165, 1.54) is 0 Å². The molecule has 0 saturated heterocycles. The van der Waals surface area contributed by atoms with Crippen LogP contribution in [0.3, 0.4) is 0 Å². The molecule has 0 aromatic heterocycles. The fourth-order valence-electron chi connectivity index (χ4n) is 3.91. The summed E-state index contributed by atoms with van der Waals surface area (Å²) in [5.41, 5.74) is 0. The van der Waals surface area contributed by atoms with Crippen molar-refractivity contribution < 1.29 is 24.9 Å². The highest BCUT2D eigenvalue weighted by atomic mass is 16.5. The van der Waals surface area contributed by atoms with Crippen LogP contribution in [0.15, 0.2) is 54.6 Å². The predicted molar refractivity (Wildman–Crippen MR) is 122 cm³/mol. The number of nitrogens with one attached hydrogen (secondary N) is 1. The van der Waals surface area contributed by atoms with E-state index < -0.39 is 18.3 Å². The third kappa shape index (κ3) is 9.25. The smallest absolute Gasteiger partial charge is 0.219 e. The Morgan fingerprint density at radius 1 is 1.23 bits per heavy atom. The maximum absolute atomic E-state index is 11.4. The molecule has 31 heavy (non-hydrogen) atoms. The summed E-state index contributed by atoms with van der Waals surface area (Å²) in [5, 5.41) is 33.7. The number of aliphatic hydroxyl groups is 3. The van der Waals surface area contributed by atoms with Gasteiger partial charge >= 0.3 is 0 Å². The van der Waals surface area contributed by atoms with Crippen LogP contribution in [0.1, 0.15) is 45.4 Å². The molecule has 1 amide bonds. The molecule has 0 aliphatic heterocycles. The Morgan fingerprint density at radius 2 is 2.00 bits per heavy atom. The molecule has 4 N–H and O–H groups in total. The molecular formula is C25H37NO5. The zero-order chi connectivity index (χ0) is 22.5. The summed E-state index contributed by atoms with van der Waals surface area (Å²) in [5.74, 6) is 0.562. The second-order valence-corrected chi connectivity index (χ2v) is 8.07. The van der Waals surface area contributed by atoms with Crippen LogP contribution in [0.25, 0.3) is 0 Å². The summed E-state index contributed by atoms with van der Waals surface area (Å²) in [6.07, 6.45) is 9.30. The van der Waals surface area contributed by atoms with Crippen LogP contribution in [0.5, 0.6) is 5.75 Å². The van der Waals surface area contributed by atoms with Gasteiger partial charge < -0.3 is 25.4 Å². The number of benzene rings is 1. The Kier molecular flexibility index (Phi) is 11.4. The van der Waals surface area contributed by atoms with Gasteiger partial charge in [-0.2, -0.15) is 0 Å². The van der Waals surface area contributed by atoms with E-state index >= 15 is 0 Å². The number of unbranched alkanes of at least 4 members (excludes halogenated alkanes) is 1. The van der Waals surface area contributed by atoms with Crippen LogP contribution >= 0.6 is 0 Å². The van der Waals surface area contributed by atoms with Crippen molar-refractivity contribution in [3.8, 4) is 5.75 Å². The standard InChI is InChI=1S/C25H37NO5/c1-2-26-25(30)13-9-4-3-8-12-21-22(24(29)18-23(21)28)15-14-19(27)16-17-31-20-10-6-5-7-11-20/h3,5-8,10-11,14-15,19,21-24,27-29H,2,4,9,12-13,16-18H2,1H3,(H,26,30)/b8-3+,15-14+/t19-,21-,22-,23+,24-/m1/s1. The number of carbonyl (C=O) groups excluding carboxylic acids is 1. The molecule has 6 nitrogen and oxygen atoms in total. The number of ether oxygens (including phenoxy) is 1. The summed E-state index contributed by atoms with van der Waals surface area (Å²) in [6.45, 7) is 2.95. The first-order valence-electron chi connectivity index (χ1n) is 11.3. The van der Waals surface area contributed by atoms with Crippen LogP contribution in [-0.2, 0) is 4.79 Å². The fraction of sp³-hybridized carbons (Fsp3) is 0.560. The predicted octanol–water partition coefficient (Wildman–Crippen LogP) is 2.98. The van der Waals surface area contributed by atoms with E-state index in [2.05, 4.69) is 5.32 Å². The summed E-state index contributed by atoms with van der Waals surface area (Å²) in [4.78, 5) is 11.4. The minimum Gasteiger partial charge on any atom is -0.493 e. The number of para-hydroxylation sites is 1. The molecule has 1 saturated carbocycles. The largest absolute Gasteiger partial charge is 0.493 e. The van der Waals surface area contributed by atoms with E-state index in [4.69, 9.17) is 4.74 Å². The highest BCUT2D eigenvalue weighted by Crippen LogP contribution is 2.36. The minimum absolute atomic E-state index is 0.0724. The molecule has 0 bridgehead atoms. The molecule has 0 unspecified atom stereocenters. The normalized spacial score (nSPS) is 24.6. The SMILES string of the molecule is CCNC(=O)CCC/C=C/C[C@@H]1[C@@H](/C=C/[C@@H](O)CCOc2ccccc2)[C@H](O)C[C@@H]1O. The first-order chi connectivity index (χ1) is 15.0. The lowest BCUT2D eigenvalue weighted by molar-refractivity contribution is -0.121. The number of aliphatic hydroxyl groups excluding tert-OH is 3. The molecule has 0 heterocycles. The molecule has 1 aromatic carbocycles. The lowest BCUT2D eigenvalue weighted by Crippen LogP contribution is -2.21. The van der Waals surface area contributed by atoms with E-state index in [1.807, 2.05) is 55.5 Å². The zero-order valence-electron chi connectivity index (χ0n) is 18.4. The van der Waals surface area contributed by atoms with Gasteiger partial charge in [0.05, 0.1) is 24.9 Å². The average molecular weight is 432 g/mol. The first-order valence-corrected chi connectivity index (χ1v) is 11.3. The van der Waals surface area contributed by atoms with Crippen molar-refractivity contribution in [3.05, 3.63) is 54.6 Å². The molecule has 0 spiro atoms. The average Bonchev–Trinajstić information content (AvgIpc) is 3.02. The van der Waals surface area contributed by atoms with Crippen molar-refractivity contribution in [2.45, 2.75) is 63.8 Å². The van der Waals surface area contributed by atoms with E-state index in [0.717, 1.165) is 18.6 Å². The summed E-state index contributed by atoms with van der Waals surface area (Å²) >= 11 is 0. The highest BCUT2D eigenvalue weighted by molar-refractivity contribution is 5.75. The van der Waals surface area contributed by atoms with Gasteiger partial charge in [0.15, 0.2) is 0 Å². The lowest BCUT2D eigenvalue weighted by atomic mass is 9.89. The quantitative estimate of drug-likeness (QED) is 0.284. The zero-order valence-corrected chi connectivity index (χ0v) is 18.4. The third-order valence-electron chi connectivity index (χ3n) is 5.62. The maximum Gasteiger partial charge on any atom is 0.219 e. The Balaban J connectivity index is 1.74. The van der Waals surface area contributed by atoms with Gasteiger partial charge in [0.25, 0.3) is 0 Å². The van der Waals surface area contributed by atoms with Crippen molar-refractivity contribution in [1.29, 1.82) is 0 Å². The molecule has 1 aliphatic carbocycles. The number of allylic oxidation sites excluding steroid dienone is 2. The van der Waals surface area contributed by atoms with Crippen molar-refractivity contribution in [3.63, 3.8) is 0 Å². The van der Waals surface area contributed by atoms with Gasteiger partial charge in [0, 0.05) is 31.7 Å². The van der Waals surface area contributed by atoms with E-state index in [-0.39, 0.29) is 17.7 Å². The molecular weight excluding hydrogens is 394 g/mol. The highest BCUT2D eigenvalue weighted by Gasteiger charge is 2.39. The molecule has 1 aliphatic rings. The van der Waals surface area contributed by atoms with Gasteiger partial charge in [-0.15, -0.1) is 0 Å². The van der Waals surface area contributed by atoms with Gasteiger partial charge in [0.2, 0.25) is 5.91 Å². The number of rotatable bonds is 13. The second-order valence-electron chi connectivity index (χ2n) is 8.07. The topological polar surface area (TPSA) is 99.0 Å². The molecule has 0 radical (unpaired) electrons. The van der Waals surface area contributed by atoms with Crippen molar-refractivity contribution in [2.75, 3.05) is 13.2 Å². The summed E-state index contributed by atoms with van der Waals surface area (Å²) in [6, 6.07) is 9.46. The fourth-order valence-corrected chi connectivity index (χ4v) is 3.91. The van der Waals surface area contributed by atoms with E-state index in [0.29, 0.717) is 38.8 Å². The van der Waals surface area contributed by atoms with Crippen LogP contribution in [0.4, 0.5) is 0 Å². The summed E-state index contributed by atoms with van der Waals surface area (Å²) < 4.78 is 5.60. The van der Waals surface area contributed by atoms with Crippen LogP contribution in [0.2, 0.25) is 0 Å². The monoisotopic (exact) mass is 431 g/mol. The molecule has 6 heteroatoms. The van der Waals surface area contributed by atoms with Crippen LogP contribution in [0, 0.1) is 11.8 Å². The first kappa shape index (κ1) is 25.1. The Bertz CT molecular complexity index is 690. The second kappa shape index (κ2) is 14.0. The third-order valence-corrected chi connectivity index (χ3v) is 5.62. The molecule has 1 fully saturated rings. The minimum atomic E-state index is -0.667. The number of carbonyl (C=O) groups is 1.